The summed E-state index contributed by atoms with van der Waals surface area (Å²) in [5.41, 5.74) is -2.36. The molecule has 0 aromatic heterocycles. The Balaban J connectivity index is 3.53. The van der Waals surface area contributed by atoms with Gasteiger partial charge in [-0.3, -0.25) is 14.4 Å². The van der Waals surface area contributed by atoms with Crippen molar-refractivity contribution in [3.63, 3.8) is 0 Å². The van der Waals surface area contributed by atoms with E-state index < -0.39 is 29.2 Å². The Morgan fingerprint density at radius 3 is 2.20 bits per heavy atom. The first kappa shape index (κ1) is 20.6. The molecule has 1 rings (SSSR count). The number of carbonyl (C=O) groups excluding carboxylic acids is 3. The maximum Gasteiger partial charge on any atom is 0.328 e. The van der Waals surface area contributed by atoms with Crippen LogP contribution in [0, 0.1) is 51.2 Å². The second-order valence-corrected chi connectivity index (χ2v) is 7.41. The summed E-state index contributed by atoms with van der Waals surface area (Å²) < 4.78 is 9.33. The highest BCUT2D eigenvalue weighted by atomic mass is 16.5. The minimum Gasteiger partial charge on any atom is -0.468 e. The normalized spacial score (nSPS) is 24.2. The molecular weight excluding hydrogens is 324 g/mol. The molecule has 0 radical (unpaired) electrons. The lowest BCUT2D eigenvalue weighted by Gasteiger charge is -2.42. The number of hydrogen-bond acceptors (Lipinski definition) is 7. The van der Waals surface area contributed by atoms with Gasteiger partial charge in [-0.15, -0.1) is 0 Å². The number of carbonyl (C=O) groups is 3. The summed E-state index contributed by atoms with van der Waals surface area (Å²) in [6, 6.07) is 3.47. The monoisotopic (exact) mass is 348 g/mol. The highest BCUT2D eigenvalue weighted by Gasteiger charge is 2.61. The molecule has 0 heterocycles. The van der Waals surface area contributed by atoms with Crippen LogP contribution in [0.2, 0.25) is 0 Å². The lowest BCUT2D eigenvalue weighted by Crippen LogP contribution is -2.52. The highest BCUT2D eigenvalue weighted by Crippen LogP contribution is 2.48. The van der Waals surface area contributed by atoms with Gasteiger partial charge in [0.2, 0.25) is 0 Å². The zero-order valence-corrected chi connectivity index (χ0v) is 15.3. The quantitative estimate of drug-likeness (QED) is 0.713. The van der Waals surface area contributed by atoms with E-state index in [-0.39, 0.29) is 30.0 Å². The molecule has 1 aliphatic rings. The van der Waals surface area contributed by atoms with E-state index in [4.69, 9.17) is 4.74 Å². The molecule has 0 amide bonds. The van der Waals surface area contributed by atoms with Gasteiger partial charge in [0.15, 0.2) is 11.3 Å². The molecule has 0 aromatic carbocycles. The average molecular weight is 348 g/mol. The molecule has 4 atom stereocenters. The van der Waals surface area contributed by atoms with Crippen LogP contribution in [0.5, 0.6) is 0 Å². The first-order chi connectivity index (χ1) is 11.6. The molecule has 1 saturated carbocycles. The minimum absolute atomic E-state index is 0.0598. The third-order valence-corrected chi connectivity index (χ3v) is 5.15. The summed E-state index contributed by atoms with van der Waals surface area (Å²) in [7, 11) is 2.13. The van der Waals surface area contributed by atoms with Crippen LogP contribution in [0.4, 0.5) is 0 Å². The molecule has 0 aromatic rings. The number of ether oxygens (including phenoxy) is 2. The summed E-state index contributed by atoms with van der Waals surface area (Å²) in [5, 5.41) is 19.3. The fourth-order valence-corrected chi connectivity index (χ4v) is 3.53. The average Bonchev–Trinajstić information content (AvgIpc) is 2.58. The van der Waals surface area contributed by atoms with Crippen LogP contribution >= 0.6 is 0 Å². The maximum absolute atomic E-state index is 12.6. The van der Waals surface area contributed by atoms with Crippen molar-refractivity contribution >= 4 is 17.7 Å². The van der Waals surface area contributed by atoms with Crippen LogP contribution in [-0.4, -0.2) is 31.9 Å². The number of nitriles is 2. The van der Waals surface area contributed by atoms with E-state index in [1.54, 1.807) is 12.1 Å². The van der Waals surface area contributed by atoms with Crippen LogP contribution in [0.3, 0.4) is 0 Å². The number of hydrogen-bond donors (Lipinski definition) is 0. The van der Waals surface area contributed by atoms with Gasteiger partial charge >= 0.3 is 11.9 Å². The van der Waals surface area contributed by atoms with Gasteiger partial charge in [-0.2, -0.15) is 10.5 Å². The van der Waals surface area contributed by atoms with Crippen molar-refractivity contribution in [2.45, 2.75) is 40.0 Å². The summed E-state index contributed by atoms with van der Waals surface area (Å²) in [5.74, 6) is -5.16. The number of nitrogens with zero attached hydrogens (tertiary/aromatic N) is 2. The standard InChI is InChI=1S/C18H24N2O5/c1-17(2,3)11-6-7-14(21)12(8-11)18(10-20,16(23)25-5)13(9-19)15(22)24-4/h11-13H,6-8H2,1-5H3/t11-,12+,13-,18-/m0/s1. The molecule has 0 aliphatic heterocycles. The Kier molecular flexibility index (Phi) is 6.31. The molecule has 1 fully saturated rings. The molecule has 7 nitrogen and oxygen atoms in total. The van der Waals surface area contributed by atoms with Gasteiger partial charge in [0.25, 0.3) is 0 Å². The van der Waals surface area contributed by atoms with Gasteiger partial charge in [0, 0.05) is 12.3 Å². The minimum atomic E-state index is -2.21. The summed E-state index contributed by atoms with van der Waals surface area (Å²) in [6.45, 7) is 6.04. The number of ketones is 1. The van der Waals surface area contributed by atoms with Crippen molar-refractivity contribution in [3.05, 3.63) is 0 Å². The van der Waals surface area contributed by atoms with Gasteiger partial charge in [-0.25, -0.2) is 0 Å². The van der Waals surface area contributed by atoms with Crippen LogP contribution in [0.25, 0.3) is 0 Å². The number of rotatable bonds is 4. The van der Waals surface area contributed by atoms with Crippen LogP contribution in [0.1, 0.15) is 40.0 Å². The second-order valence-electron chi connectivity index (χ2n) is 7.41. The van der Waals surface area contributed by atoms with Gasteiger partial charge in [0.1, 0.15) is 5.78 Å². The zero-order valence-electron chi connectivity index (χ0n) is 15.3. The highest BCUT2D eigenvalue weighted by molar-refractivity contribution is 5.96. The van der Waals surface area contributed by atoms with E-state index in [1.807, 2.05) is 20.8 Å². The van der Waals surface area contributed by atoms with E-state index in [9.17, 15) is 24.9 Å². The second kappa shape index (κ2) is 7.65. The van der Waals surface area contributed by atoms with Gasteiger partial charge < -0.3 is 9.47 Å². The van der Waals surface area contributed by atoms with Gasteiger partial charge in [-0.05, 0) is 24.2 Å². The summed E-state index contributed by atoms with van der Waals surface area (Å²) in [4.78, 5) is 37.2. The largest absolute Gasteiger partial charge is 0.468 e. The first-order valence-corrected chi connectivity index (χ1v) is 8.09. The van der Waals surface area contributed by atoms with Crippen molar-refractivity contribution in [2.24, 2.45) is 28.6 Å². The van der Waals surface area contributed by atoms with Crippen molar-refractivity contribution in [1.29, 1.82) is 10.5 Å². The van der Waals surface area contributed by atoms with E-state index in [1.165, 1.54) is 0 Å². The molecule has 0 N–H and O–H groups in total. The predicted molar refractivity (Wildman–Crippen MR) is 86.5 cm³/mol. The Labute approximate surface area is 147 Å². The van der Waals surface area contributed by atoms with Crippen LogP contribution in [-0.2, 0) is 23.9 Å². The number of methoxy groups -OCH3 is 2. The predicted octanol–water partition coefficient (Wildman–Crippen LogP) is 2.01. The topological polar surface area (TPSA) is 117 Å². The number of esters is 2. The van der Waals surface area contributed by atoms with E-state index >= 15 is 0 Å². The first-order valence-electron chi connectivity index (χ1n) is 8.09. The third kappa shape index (κ3) is 3.66. The molecule has 25 heavy (non-hydrogen) atoms. The smallest absolute Gasteiger partial charge is 0.328 e. The fraction of sp³-hybridized carbons (Fsp3) is 0.722. The van der Waals surface area contributed by atoms with Crippen molar-refractivity contribution in [3.8, 4) is 12.1 Å². The van der Waals surface area contributed by atoms with Crippen LogP contribution < -0.4 is 0 Å². The van der Waals surface area contributed by atoms with Gasteiger partial charge in [0.05, 0.1) is 26.4 Å². The van der Waals surface area contributed by atoms with Crippen molar-refractivity contribution < 1.29 is 23.9 Å². The molecule has 1 aliphatic carbocycles. The van der Waals surface area contributed by atoms with Gasteiger partial charge in [-0.1, -0.05) is 20.8 Å². The van der Waals surface area contributed by atoms with Crippen molar-refractivity contribution in [2.75, 3.05) is 14.2 Å². The maximum atomic E-state index is 12.6. The lowest BCUT2D eigenvalue weighted by atomic mass is 9.58. The van der Waals surface area contributed by atoms with E-state index in [0.717, 1.165) is 14.2 Å². The summed E-state index contributed by atoms with van der Waals surface area (Å²) >= 11 is 0. The zero-order chi connectivity index (χ0) is 19.4. The lowest BCUT2D eigenvalue weighted by molar-refractivity contribution is -0.167. The van der Waals surface area contributed by atoms with E-state index in [2.05, 4.69) is 4.74 Å². The summed E-state index contributed by atoms with van der Waals surface area (Å²) in [6.07, 6.45) is 1.06. The molecule has 7 heteroatoms. The molecule has 0 saturated heterocycles. The molecule has 0 spiro atoms. The Hall–Kier alpha value is -2.41. The molecule has 0 unspecified atom stereocenters. The molecular formula is C18H24N2O5. The van der Waals surface area contributed by atoms with Crippen molar-refractivity contribution in [1.82, 2.24) is 0 Å². The molecule has 136 valence electrons. The van der Waals surface area contributed by atoms with Crippen LogP contribution in [0.15, 0.2) is 0 Å². The third-order valence-electron chi connectivity index (χ3n) is 5.15. The Morgan fingerprint density at radius 2 is 1.80 bits per heavy atom. The number of Topliss-reactive ketones (excluding diaryl/α,β-unsaturated/α-hetero) is 1. The Morgan fingerprint density at radius 1 is 1.20 bits per heavy atom. The Bertz CT molecular complexity index is 637. The SMILES string of the molecule is COC(=O)[C@H](C#N)[C@@](C#N)(C(=O)OC)[C@@H]1C[C@@H](C(C)(C)C)CCC1=O. The molecule has 0 bridgehead atoms. The van der Waals surface area contributed by atoms with E-state index in [0.29, 0.717) is 6.42 Å². The fourth-order valence-electron chi connectivity index (χ4n) is 3.53.